The molecular weight excluding hydrogens is 330 g/mol. The van der Waals surface area contributed by atoms with Crippen LogP contribution in [0.5, 0.6) is 0 Å². The maximum absolute atomic E-state index is 13.6. The minimum Gasteiger partial charge on any atom is -0.351 e. The lowest BCUT2D eigenvalue weighted by Crippen LogP contribution is -2.13. The number of anilines is 3. The number of amides is 1. The third-order valence-electron chi connectivity index (χ3n) is 3.32. The Bertz CT molecular complexity index is 812. The average Bonchev–Trinajstić information content (AvgIpc) is 3.05. The van der Waals surface area contributed by atoms with Gasteiger partial charge in [-0.3, -0.25) is 4.79 Å². The number of para-hydroxylation sites is 1. The first-order valence-electron chi connectivity index (χ1n) is 7.25. The van der Waals surface area contributed by atoms with Crippen LogP contribution in [-0.2, 0) is 11.2 Å². The molecule has 3 nitrogen and oxygen atoms in total. The fourth-order valence-electron chi connectivity index (χ4n) is 2.18. The van der Waals surface area contributed by atoms with E-state index in [9.17, 15) is 13.6 Å². The summed E-state index contributed by atoms with van der Waals surface area (Å²) in [6.07, 6.45) is 0.318. The number of nitrogens with one attached hydrogen (secondary N) is 2. The highest BCUT2D eigenvalue weighted by atomic mass is 32.1. The normalized spacial score (nSPS) is 10.4. The molecule has 2 aromatic carbocycles. The molecule has 3 aromatic rings. The zero-order valence-corrected chi connectivity index (χ0v) is 13.4. The van der Waals surface area contributed by atoms with E-state index in [2.05, 4.69) is 10.6 Å². The van der Waals surface area contributed by atoms with Gasteiger partial charge in [-0.2, -0.15) is 0 Å². The molecule has 0 unspecified atom stereocenters. The number of thiophene rings is 1. The van der Waals surface area contributed by atoms with Gasteiger partial charge in [0.1, 0.15) is 17.3 Å². The van der Waals surface area contributed by atoms with Gasteiger partial charge < -0.3 is 10.6 Å². The molecule has 0 aliphatic carbocycles. The van der Waals surface area contributed by atoms with Crippen LogP contribution < -0.4 is 10.6 Å². The molecule has 0 fully saturated rings. The summed E-state index contributed by atoms with van der Waals surface area (Å²) in [5.74, 6) is -1.44. The minimum atomic E-state index is -0.664. The third-order valence-corrected chi connectivity index (χ3v) is 4.19. The molecule has 1 amide bonds. The molecule has 0 atom stereocenters. The third kappa shape index (κ3) is 3.97. The number of hydrogen-bond acceptors (Lipinski definition) is 3. The van der Waals surface area contributed by atoms with Crippen LogP contribution in [0.2, 0.25) is 0 Å². The lowest BCUT2D eigenvalue weighted by Gasteiger charge is -2.10. The largest absolute Gasteiger partial charge is 0.351 e. The van der Waals surface area contributed by atoms with Crippen molar-refractivity contribution < 1.29 is 13.6 Å². The molecule has 0 aliphatic heterocycles. The fourth-order valence-corrected chi connectivity index (χ4v) is 2.88. The molecule has 122 valence electrons. The predicted molar refractivity (Wildman–Crippen MR) is 92.7 cm³/mol. The highest BCUT2D eigenvalue weighted by molar-refractivity contribution is 7.10. The summed E-state index contributed by atoms with van der Waals surface area (Å²) in [5.41, 5.74) is 0.943. The molecule has 0 saturated carbocycles. The van der Waals surface area contributed by atoms with E-state index in [1.165, 1.54) is 29.5 Å². The average molecular weight is 344 g/mol. The summed E-state index contributed by atoms with van der Waals surface area (Å²) in [7, 11) is 0. The Balaban J connectivity index is 1.64. The topological polar surface area (TPSA) is 41.1 Å². The van der Waals surface area contributed by atoms with Gasteiger partial charge in [0.15, 0.2) is 0 Å². The van der Waals surface area contributed by atoms with E-state index in [0.29, 0.717) is 17.8 Å². The van der Waals surface area contributed by atoms with E-state index in [4.69, 9.17) is 0 Å². The van der Waals surface area contributed by atoms with Gasteiger partial charge in [0.2, 0.25) is 5.91 Å². The van der Waals surface area contributed by atoms with Crippen molar-refractivity contribution >= 4 is 34.3 Å². The molecule has 0 radical (unpaired) electrons. The van der Waals surface area contributed by atoms with E-state index in [0.717, 1.165) is 4.88 Å². The summed E-state index contributed by atoms with van der Waals surface area (Å²) in [6.45, 7) is 0. The van der Waals surface area contributed by atoms with Crippen molar-refractivity contribution in [2.24, 2.45) is 0 Å². The summed E-state index contributed by atoms with van der Waals surface area (Å²) < 4.78 is 27.2. The van der Waals surface area contributed by atoms with Crippen molar-refractivity contribution in [3.63, 3.8) is 0 Å². The Kier molecular flexibility index (Phi) is 4.86. The molecule has 0 aliphatic rings. The zero-order valence-electron chi connectivity index (χ0n) is 12.6. The quantitative estimate of drug-likeness (QED) is 0.687. The van der Waals surface area contributed by atoms with Gasteiger partial charge in [0, 0.05) is 16.3 Å². The molecule has 1 heterocycles. The van der Waals surface area contributed by atoms with Crippen molar-refractivity contribution in [2.75, 3.05) is 10.6 Å². The van der Waals surface area contributed by atoms with Crippen molar-refractivity contribution in [1.82, 2.24) is 0 Å². The van der Waals surface area contributed by atoms with Crippen molar-refractivity contribution in [2.45, 2.75) is 6.42 Å². The molecule has 0 bridgehead atoms. The summed E-state index contributed by atoms with van der Waals surface area (Å²) in [6, 6.07) is 14.1. The summed E-state index contributed by atoms with van der Waals surface area (Å²) in [5, 5.41) is 7.40. The van der Waals surface area contributed by atoms with Gasteiger partial charge in [-0.05, 0) is 47.8 Å². The van der Waals surface area contributed by atoms with Crippen LogP contribution in [0.4, 0.5) is 25.8 Å². The number of benzene rings is 2. The maximum Gasteiger partial charge on any atom is 0.229 e. The Morgan fingerprint density at radius 2 is 1.58 bits per heavy atom. The second kappa shape index (κ2) is 7.23. The van der Waals surface area contributed by atoms with Crippen molar-refractivity contribution in [3.05, 3.63) is 76.5 Å². The van der Waals surface area contributed by atoms with Crippen LogP contribution in [-0.4, -0.2) is 5.91 Å². The first kappa shape index (κ1) is 16.1. The van der Waals surface area contributed by atoms with Gasteiger partial charge in [0.25, 0.3) is 0 Å². The molecule has 2 N–H and O–H groups in total. The second-order valence-corrected chi connectivity index (χ2v) is 6.14. The van der Waals surface area contributed by atoms with E-state index < -0.39 is 11.6 Å². The molecule has 0 saturated heterocycles. The number of halogens is 2. The molecular formula is C18H14F2N2OS. The summed E-state index contributed by atoms with van der Waals surface area (Å²) in [4.78, 5) is 12.9. The van der Waals surface area contributed by atoms with Crippen LogP contribution >= 0.6 is 11.3 Å². The van der Waals surface area contributed by atoms with Gasteiger partial charge in [-0.15, -0.1) is 11.3 Å². The van der Waals surface area contributed by atoms with Crippen LogP contribution in [0.15, 0.2) is 60.0 Å². The van der Waals surface area contributed by atoms with Crippen molar-refractivity contribution in [1.29, 1.82) is 0 Å². The number of rotatable bonds is 5. The molecule has 24 heavy (non-hydrogen) atoms. The molecule has 1 aromatic heterocycles. The first-order valence-corrected chi connectivity index (χ1v) is 8.13. The zero-order chi connectivity index (χ0) is 16.9. The lowest BCUT2D eigenvalue weighted by atomic mass is 10.2. The van der Waals surface area contributed by atoms with Gasteiger partial charge >= 0.3 is 0 Å². The van der Waals surface area contributed by atoms with Gasteiger partial charge in [0.05, 0.1) is 6.42 Å². The highest BCUT2D eigenvalue weighted by Gasteiger charge is 2.09. The predicted octanol–water partition coefficient (Wildman–Crippen LogP) is 4.95. The number of carbonyl (C=O) groups is 1. The fraction of sp³-hybridized carbons (Fsp3) is 0.0556. The molecule has 6 heteroatoms. The Morgan fingerprint density at radius 3 is 2.21 bits per heavy atom. The summed E-state index contributed by atoms with van der Waals surface area (Å²) >= 11 is 1.53. The monoisotopic (exact) mass is 344 g/mol. The lowest BCUT2D eigenvalue weighted by molar-refractivity contribution is -0.115. The van der Waals surface area contributed by atoms with Crippen LogP contribution in [0, 0.1) is 11.6 Å². The van der Waals surface area contributed by atoms with Crippen LogP contribution in [0.1, 0.15) is 4.88 Å². The number of carbonyl (C=O) groups excluding carboxylic acids is 1. The van der Waals surface area contributed by atoms with E-state index >= 15 is 0 Å². The maximum atomic E-state index is 13.6. The van der Waals surface area contributed by atoms with E-state index in [1.807, 2.05) is 17.5 Å². The highest BCUT2D eigenvalue weighted by Crippen LogP contribution is 2.24. The van der Waals surface area contributed by atoms with E-state index in [-0.39, 0.29) is 11.6 Å². The van der Waals surface area contributed by atoms with E-state index in [1.54, 1.807) is 24.3 Å². The first-order chi connectivity index (χ1) is 11.6. The van der Waals surface area contributed by atoms with Crippen LogP contribution in [0.25, 0.3) is 0 Å². The molecule has 3 rings (SSSR count). The van der Waals surface area contributed by atoms with Crippen molar-refractivity contribution in [3.8, 4) is 0 Å². The second-order valence-electron chi connectivity index (χ2n) is 5.10. The Morgan fingerprint density at radius 1 is 0.917 bits per heavy atom. The smallest absolute Gasteiger partial charge is 0.229 e. The van der Waals surface area contributed by atoms with Crippen LogP contribution in [0.3, 0.4) is 0 Å². The standard InChI is InChI=1S/C18H14F2N2OS/c19-15-4-1-5-16(20)18(15)22-13-8-6-12(7-9-13)21-17(23)11-14-3-2-10-24-14/h1-10,22H,11H2,(H,21,23). The Labute approximate surface area is 142 Å². The number of hydrogen-bond donors (Lipinski definition) is 2. The van der Waals surface area contributed by atoms with Gasteiger partial charge in [-0.1, -0.05) is 12.1 Å². The minimum absolute atomic E-state index is 0.113. The Hall–Kier alpha value is -2.73. The van der Waals surface area contributed by atoms with Gasteiger partial charge in [-0.25, -0.2) is 8.78 Å². The SMILES string of the molecule is O=C(Cc1cccs1)Nc1ccc(Nc2c(F)cccc2F)cc1. The molecule has 0 spiro atoms.